The molecule has 2 heterocycles. The lowest BCUT2D eigenvalue weighted by Crippen LogP contribution is -2.55. The lowest BCUT2D eigenvalue weighted by atomic mass is 9.93. The van der Waals surface area contributed by atoms with Crippen LogP contribution in [0.5, 0.6) is 5.75 Å². The number of anilines is 2. The summed E-state index contributed by atoms with van der Waals surface area (Å²) in [5, 5.41) is 10.4. The highest BCUT2D eigenvalue weighted by Gasteiger charge is 2.65. The highest BCUT2D eigenvalue weighted by Crippen LogP contribution is 2.61. The molecule has 8 nitrogen and oxygen atoms in total. The van der Waals surface area contributed by atoms with E-state index >= 15 is 4.39 Å². The average Bonchev–Trinajstić information content (AvgIpc) is 3.82. The fraction of sp³-hybridized carbons (Fsp3) is 0.312. The maximum absolute atomic E-state index is 15.9. The van der Waals surface area contributed by atoms with Crippen LogP contribution in [0.2, 0.25) is 0 Å². The first-order chi connectivity index (χ1) is 21.4. The predicted octanol–water partition coefficient (Wildman–Crippen LogP) is 5.72. The Kier molecular flexibility index (Phi) is 8.39. The van der Waals surface area contributed by atoms with Crippen molar-refractivity contribution in [2.75, 3.05) is 31.6 Å². The first kappa shape index (κ1) is 31.6. The number of benzene rings is 2. The van der Waals surface area contributed by atoms with Crippen LogP contribution in [0.25, 0.3) is 11.3 Å². The summed E-state index contributed by atoms with van der Waals surface area (Å²) in [7, 11) is 1.42. The normalized spacial score (nSPS) is 18.0. The molecule has 1 saturated heterocycles. The van der Waals surface area contributed by atoms with Gasteiger partial charge in [-0.2, -0.15) is 13.2 Å². The molecule has 1 atom stereocenters. The summed E-state index contributed by atoms with van der Waals surface area (Å²) in [6, 6.07) is 9.43. The van der Waals surface area contributed by atoms with Crippen molar-refractivity contribution in [1.29, 1.82) is 0 Å². The van der Waals surface area contributed by atoms with E-state index in [1.807, 2.05) is 0 Å². The van der Waals surface area contributed by atoms with Crippen LogP contribution in [0.15, 0.2) is 66.2 Å². The summed E-state index contributed by atoms with van der Waals surface area (Å²) in [5.74, 6) is -3.17. The molecule has 1 unspecified atom stereocenters. The fourth-order valence-electron chi connectivity index (χ4n) is 5.89. The zero-order valence-electron chi connectivity index (χ0n) is 24.5. The molecule has 1 aliphatic carbocycles. The van der Waals surface area contributed by atoms with Gasteiger partial charge in [-0.1, -0.05) is 30.8 Å². The Bertz CT molecular complexity index is 1670. The Hall–Kier alpha value is -4.81. The largest absolute Gasteiger partial charge is 0.507 e. The zero-order valence-corrected chi connectivity index (χ0v) is 24.5. The summed E-state index contributed by atoms with van der Waals surface area (Å²) in [6.07, 6.45) is -3.54. The van der Waals surface area contributed by atoms with Crippen LogP contribution in [-0.2, 0) is 15.0 Å². The number of halogens is 5. The van der Waals surface area contributed by atoms with E-state index in [0.29, 0.717) is 0 Å². The highest BCUT2D eigenvalue weighted by molar-refractivity contribution is 6.07. The molecule has 2 fully saturated rings. The van der Waals surface area contributed by atoms with Crippen LogP contribution in [-0.4, -0.2) is 76.9 Å². The van der Waals surface area contributed by atoms with Gasteiger partial charge >= 0.3 is 6.18 Å². The number of aromatic hydroxyl groups is 1. The Labute approximate surface area is 256 Å². The van der Waals surface area contributed by atoms with Gasteiger partial charge in [0.1, 0.15) is 23.1 Å². The molecule has 2 amide bonds. The number of phenolic OH excluding ortho intramolecular Hbond substituents is 1. The molecule has 0 bridgehead atoms. The van der Waals surface area contributed by atoms with Crippen molar-refractivity contribution in [2.45, 2.75) is 37.4 Å². The second kappa shape index (κ2) is 11.9. The van der Waals surface area contributed by atoms with Gasteiger partial charge in [-0.25, -0.2) is 13.8 Å². The smallest absolute Gasteiger partial charge is 0.398 e. The maximum atomic E-state index is 15.9. The molecule has 1 aliphatic heterocycles. The van der Waals surface area contributed by atoms with Gasteiger partial charge in [-0.05, 0) is 55.7 Å². The van der Waals surface area contributed by atoms with E-state index in [4.69, 9.17) is 0 Å². The van der Waals surface area contributed by atoms with Gasteiger partial charge in [0.2, 0.25) is 12.3 Å². The quantitative estimate of drug-likeness (QED) is 0.119. The van der Waals surface area contributed by atoms with Crippen molar-refractivity contribution < 1.29 is 36.6 Å². The van der Waals surface area contributed by atoms with E-state index in [-0.39, 0.29) is 79.3 Å². The molecular formula is C32H30F5N5O3. The molecule has 1 aromatic heterocycles. The number of phenols is 1. The second-order valence-corrected chi connectivity index (χ2v) is 11.0. The van der Waals surface area contributed by atoms with E-state index in [1.54, 1.807) is 16.7 Å². The van der Waals surface area contributed by atoms with Crippen molar-refractivity contribution in [3.63, 3.8) is 0 Å². The van der Waals surface area contributed by atoms with Crippen molar-refractivity contribution in [3.8, 4) is 17.0 Å². The number of para-hydroxylation sites is 1. The molecule has 45 heavy (non-hydrogen) atoms. The Morgan fingerprint density at radius 1 is 1.13 bits per heavy atom. The SMILES string of the molecule is C=CC(=O)N1CCN(C(=NC)c2cc(F)c(-c3c(O)cccc3F)nc2N(C=O)c2ccccc2C2(C(F)(F)F)CC2)C(C)C1. The number of piperazine rings is 1. The minimum absolute atomic E-state index is 0.0660. The van der Waals surface area contributed by atoms with Gasteiger partial charge in [-0.3, -0.25) is 19.5 Å². The predicted molar refractivity (Wildman–Crippen MR) is 158 cm³/mol. The van der Waals surface area contributed by atoms with Crippen LogP contribution in [0.3, 0.4) is 0 Å². The Morgan fingerprint density at radius 2 is 1.84 bits per heavy atom. The molecular weight excluding hydrogens is 597 g/mol. The highest BCUT2D eigenvalue weighted by atomic mass is 19.4. The number of aromatic nitrogens is 1. The summed E-state index contributed by atoms with van der Waals surface area (Å²) >= 11 is 0. The molecule has 5 rings (SSSR count). The molecule has 1 saturated carbocycles. The molecule has 13 heteroatoms. The van der Waals surface area contributed by atoms with Gasteiger partial charge in [0.05, 0.1) is 22.2 Å². The number of hydrogen-bond donors (Lipinski definition) is 1. The first-order valence-corrected chi connectivity index (χ1v) is 14.1. The van der Waals surface area contributed by atoms with Crippen LogP contribution in [0, 0.1) is 11.6 Å². The fourth-order valence-corrected chi connectivity index (χ4v) is 5.89. The number of carbonyl (C=O) groups is 2. The van der Waals surface area contributed by atoms with Crippen LogP contribution in [0.4, 0.5) is 33.5 Å². The van der Waals surface area contributed by atoms with Gasteiger partial charge in [0.25, 0.3) is 0 Å². The second-order valence-electron chi connectivity index (χ2n) is 11.0. The van der Waals surface area contributed by atoms with Crippen LogP contribution in [0.1, 0.15) is 30.9 Å². The number of carbonyl (C=O) groups excluding carboxylic acids is 2. The van der Waals surface area contributed by atoms with Crippen molar-refractivity contribution in [3.05, 3.63) is 83.9 Å². The standard InChI is InChI=1S/C32H30F5N5O3/c1-4-26(45)40-14-15-41(19(2)17-40)29(38-3)20-16-23(34)28(27-22(33)9-7-11-25(27)44)39-30(20)42(18-43)24-10-6-5-8-21(24)31(12-13-31)32(35,36)37/h4-11,16,18-19,44H,1,12-15,17H2,2-3H3. The van der Waals surface area contributed by atoms with Crippen LogP contribution < -0.4 is 4.90 Å². The van der Waals surface area contributed by atoms with E-state index in [9.17, 15) is 32.3 Å². The minimum atomic E-state index is -4.62. The van der Waals surface area contributed by atoms with Crippen molar-refractivity contribution in [1.82, 2.24) is 14.8 Å². The number of pyridine rings is 1. The van der Waals surface area contributed by atoms with Gasteiger partial charge in [0.15, 0.2) is 11.6 Å². The zero-order chi connectivity index (χ0) is 32.7. The molecule has 2 aliphatic rings. The van der Waals surface area contributed by atoms with E-state index in [0.717, 1.165) is 23.1 Å². The maximum Gasteiger partial charge on any atom is 0.398 e. The number of alkyl halides is 3. The van der Waals surface area contributed by atoms with E-state index in [1.165, 1.54) is 43.5 Å². The molecule has 1 N–H and O–H groups in total. The first-order valence-electron chi connectivity index (χ1n) is 14.1. The monoisotopic (exact) mass is 627 g/mol. The van der Waals surface area contributed by atoms with Gasteiger partial charge < -0.3 is 14.9 Å². The van der Waals surface area contributed by atoms with Gasteiger partial charge in [0, 0.05) is 32.7 Å². The molecule has 3 aromatic rings. The third kappa shape index (κ3) is 5.51. The summed E-state index contributed by atoms with van der Waals surface area (Å²) in [5.41, 5.74) is -3.81. The number of amidine groups is 1. The number of hydrogen-bond acceptors (Lipinski definition) is 5. The number of nitrogens with zero attached hydrogens (tertiary/aromatic N) is 5. The van der Waals surface area contributed by atoms with Crippen LogP contribution >= 0.6 is 0 Å². The topological polar surface area (TPSA) is 89.3 Å². The van der Waals surface area contributed by atoms with Crippen molar-refractivity contribution >= 4 is 29.7 Å². The summed E-state index contributed by atoms with van der Waals surface area (Å²) in [6.45, 7) is 6.07. The molecule has 0 spiro atoms. The van der Waals surface area contributed by atoms with E-state index in [2.05, 4.69) is 16.6 Å². The number of rotatable bonds is 7. The Morgan fingerprint density at radius 3 is 2.42 bits per heavy atom. The average molecular weight is 628 g/mol. The molecule has 236 valence electrons. The lowest BCUT2D eigenvalue weighted by Gasteiger charge is -2.41. The minimum Gasteiger partial charge on any atom is -0.507 e. The molecule has 0 radical (unpaired) electrons. The van der Waals surface area contributed by atoms with Crippen molar-refractivity contribution in [2.24, 2.45) is 4.99 Å². The summed E-state index contributed by atoms with van der Waals surface area (Å²) < 4.78 is 73.8. The lowest BCUT2D eigenvalue weighted by molar-refractivity contribution is -0.160. The third-order valence-corrected chi connectivity index (χ3v) is 8.33. The number of amides is 2. The number of aliphatic imine (C=N–C) groups is 1. The van der Waals surface area contributed by atoms with Gasteiger partial charge in [-0.15, -0.1) is 0 Å². The Balaban J connectivity index is 1.73. The van der Waals surface area contributed by atoms with E-state index < -0.39 is 40.2 Å². The third-order valence-electron chi connectivity index (χ3n) is 8.33. The molecule has 2 aromatic carbocycles. The summed E-state index contributed by atoms with van der Waals surface area (Å²) in [4.78, 5) is 38.0.